The maximum atomic E-state index is 11.3. The Hall–Kier alpha value is -0.880. The van der Waals surface area contributed by atoms with E-state index in [0.29, 0.717) is 13.0 Å². The van der Waals surface area contributed by atoms with Gasteiger partial charge in [0.15, 0.2) is 0 Å². The van der Waals surface area contributed by atoms with E-state index in [1.807, 2.05) is 19.1 Å². The number of carbonyl (C=O) groups excluding carboxylic acids is 1. The summed E-state index contributed by atoms with van der Waals surface area (Å²) in [5, 5.41) is 5.57. The van der Waals surface area contributed by atoms with Crippen molar-refractivity contribution in [2.75, 3.05) is 13.2 Å². The number of halogens is 1. The predicted octanol–water partition coefficient (Wildman–Crippen LogP) is 4.49. The second-order valence-electron chi connectivity index (χ2n) is 4.45. The summed E-state index contributed by atoms with van der Waals surface area (Å²) >= 11 is 9.34. The second-order valence-corrected chi connectivity index (χ2v) is 7.18. The van der Waals surface area contributed by atoms with Gasteiger partial charge in [-0.25, -0.2) is 0 Å². The summed E-state index contributed by atoms with van der Waals surface area (Å²) < 4.78 is 5.72. The van der Waals surface area contributed by atoms with Crippen LogP contribution in [0.1, 0.15) is 35.6 Å². The SMILES string of the molecule is CCOC(=O)CCCNC(c1cccs1)c1ccc(Cl)s1. The third-order valence-electron chi connectivity index (χ3n) is 2.92. The van der Waals surface area contributed by atoms with Crippen LogP contribution in [0.15, 0.2) is 29.6 Å². The van der Waals surface area contributed by atoms with Gasteiger partial charge in [-0.15, -0.1) is 22.7 Å². The fourth-order valence-corrected chi connectivity index (χ4v) is 4.04. The molecule has 1 unspecified atom stereocenters. The van der Waals surface area contributed by atoms with E-state index in [4.69, 9.17) is 16.3 Å². The Morgan fingerprint density at radius 2 is 2.24 bits per heavy atom. The van der Waals surface area contributed by atoms with E-state index >= 15 is 0 Å². The monoisotopic (exact) mass is 343 g/mol. The quantitative estimate of drug-likeness (QED) is 0.567. The molecule has 3 nitrogen and oxygen atoms in total. The highest BCUT2D eigenvalue weighted by molar-refractivity contribution is 7.16. The van der Waals surface area contributed by atoms with E-state index in [1.54, 1.807) is 22.7 Å². The van der Waals surface area contributed by atoms with Gasteiger partial charge in [0, 0.05) is 16.2 Å². The highest BCUT2D eigenvalue weighted by atomic mass is 35.5. The van der Waals surface area contributed by atoms with Gasteiger partial charge in [-0.05, 0) is 43.5 Å². The molecule has 2 rings (SSSR count). The highest BCUT2D eigenvalue weighted by Gasteiger charge is 2.16. The summed E-state index contributed by atoms with van der Waals surface area (Å²) in [4.78, 5) is 13.8. The fourth-order valence-electron chi connectivity index (χ4n) is 1.99. The zero-order valence-electron chi connectivity index (χ0n) is 11.8. The van der Waals surface area contributed by atoms with Crippen molar-refractivity contribution >= 4 is 40.2 Å². The van der Waals surface area contributed by atoms with Crippen molar-refractivity contribution in [3.8, 4) is 0 Å². The summed E-state index contributed by atoms with van der Waals surface area (Å²) in [5.41, 5.74) is 0. The Labute approximate surface area is 137 Å². The molecule has 2 aromatic rings. The van der Waals surface area contributed by atoms with Gasteiger partial charge in [-0.3, -0.25) is 4.79 Å². The van der Waals surface area contributed by atoms with Crippen molar-refractivity contribution in [2.24, 2.45) is 0 Å². The molecule has 0 aliphatic heterocycles. The summed E-state index contributed by atoms with van der Waals surface area (Å²) in [6, 6.07) is 8.27. The Morgan fingerprint density at radius 3 is 2.86 bits per heavy atom. The first-order chi connectivity index (χ1) is 10.2. The summed E-state index contributed by atoms with van der Waals surface area (Å²) in [7, 11) is 0. The lowest BCUT2D eigenvalue weighted by Gasteiger charge is -2.16. The first-order valence-electron chi connectivity index (χ1n) is 6.88. The minimum absolute atomic E-state index is 0.133. The zero-order chi connectivity index (χ0) is 15.1. The Balaban J connectivity index is 1.90. The van der Waals surface area contributed by atoms with Gasteiger partial charge in [0.25, 0.3) is 0 Å². The molecule has 2 heterocycles. The smallest absolute Gasteiger partial charge is 0.305 e. The van der Waals surface area contributed by atoms with Gasteiger partial charge in [0.05, 0.1) is 17.0 Å². The first-order valence-corrected chi connectivity index (χ1v) is 8.95. The number of rotatable bonds is 8. The Kier molecular flexibility index (Phi) is 6.70. The van der Waals surface area contributed by atoms with Crippen LogP contribution in [0.5, 0.6) is 0 Å². The topological polar surface area (TPSA) is 38.3 Å². The molecular formula is C15H18ClNO2S2. The van der Waals surface area contributed by atoms with Crippen molar-refractivity contribution < 1.29 is 9.53 Å². The fraction of sp³-hybridized carbons (Fsp3) is 0.400. The molecule has 114 valence electrons. The molecular weight excluding hydrogens is 326 g/mol. The molecule has 0 saturated heterocycles. The molecule has 1 atom stereocenters. The van der Waals surface area contributed by atoms with Crippen LogP contribution in [0.4, 0.5) is 0 Å². The zero-order valence-corrected chi connectivity index (χ0v) is 14.2. The third kappa shape index (κ3) is 5.11. The van der Waals surface area contributed by atoms with Crippen LogP contribution in [0.25, 0.3) is 0 Å². The molecule has 6 heteroatoms. The van der Waals surface area contributed by atoms with Gasteiger partial charge in [-0.2, -0.15) is 0 Å². The van der Waals surface area contributed by atoms with Crippen LogP contribution in [0.2, 0.25) is 4.34 Å². The number of hydrogen-bond acceptors (Lipinski definition) is 5. The standard InChI is InChI=1S/C15H18ClNO2S2/c1-2-19-14(18)6-3-9-17-15(11-5-4-10-20-11)12-7-8-13(16)21-12/h4-5,7-8,10,15,17H,2-3,6,9H2,1H3. The van der Waals surface area contributed by atoms with E-state index in [9.17, 15) is 4.79 Å². The number of ether oxygens (including phenoxy) is 1. The van der Waals surface area contributed by atoms with Crippen LogP contribution in [-0.2, 0) is 9.53 Å². The molecule has 0 saturated carbocycles. The van der Waals surface area contributed by atoms with Crippen LogP contribution in [-0.4, -0.2) is 19.1 Å². The van der Waals surface area contributed by atoms with Gasteiger partial charge in [0.2, 0.25) is 0 Å². The van der Waals surface area contributed by atoms with Crippen LogP contribution < -0.4 is 5.32 Å². The molecule has 0 aliphatic carbocycles. The van der Waals surface area contributed by atoms with Crippen molar-refractivity contribution in [3.63, 3.8) is 0 Å². The second kappa shape index (κ2) is 8.54. The first kappa shape index (κ1) is 16.5. The average Bonchev–Trinajstić information content (AvgIpc) is 3.11. The number of nitrogens with one attached hydrogen (secondary N) is 1. The van der Waals surface area contributed by atoms with E-state index in [1.165, 1.54) is 9.75 Å². The maximum absolute atomic E-state index is 11.3. The molecule has 1 N–H and O–H groups in total. The maximum Gasteiger partial charge on any atom is 0.305 e. The van der Waals surface area contributed by atoms with Gasteiger partial charge >= 0.3 is 5.97 Å². The van der Waals surface area contributed by atoms with Gasteiger partial charge in [-0.1, -0.05) is 17.7 Å². The third-order valence-corrected chi connectivity index (χ3v) is 5.15. The number of hydrogen-bond donors (Lipinski definition) is 1. The average molecular weight is 344 g/mol. The lowest BCUT2D eigenvalue weighted by molar-refractivity contribution is -0.143. The van der Waals surface area contributed by atoms with Crippen molar-refractivity contribution in [1.29, 1.82) is 0 Å². The molecule has 0 spiro atoms. The van der Waals surface area contributed by atoms with Crippen molar-refractivity contribution in [2.45, 2.75) is 25.8 Å². The molecule has 0 aromatic carbocycles. The van der Waals surface area contributed by atoms with Gasteiger partial charge in [0.1, 0.15) is 0 Å². The summed E-state index contributed by atoms with van der Waals surface area (Å²) in [6.07, 6.45) is 1.21. The summed E-state index contributed by atoms with van der Waals surface area (Å²) in [5.74, 6) is -0.133. The van der Waals surface area contributed by atoms with Crippen LogP contribution in [0.3, 0.4) is 0 Å². The minimum atomic E-state index is -0.133. The number of thiophene rings is 2. The lowest BCUT2D eigenvalue weighted by Crippen LogP contribution is -2.22. The minimum Gasteiger partial charge on any atom is -0.466 e. The molecule has 2 aromatic heterocycles. The normalized spacial score (nSPS) is 12.3. The highest BCUT2D eigenvalue weighted by Crippen LogP contribution is 2.32. The van der Waals surface area contributed by atoms with Crippen molar-refractivity contribution in [1.82, 2.24) is 5.32 Å². The van der Waals surface area contributed by atoms with Crippen molar-refractivity contribution in [3.05, 3.63) is 43.7 Å². The Morgan fingerprint density at radius 1 is 1.38 bits per heavy atom. The molecule has 21 heavy (non-hydrogen) atoms. The predicted molar refractivity (Wildman–Crippen MR) is 89.4 cm³/mol. The molecule has 0 amide bonds. The number of esters is 1. The van der Waals surface area contributed by atoms with E-state index in [2.05, 4.69) is 22.8 Å². The van der Waals surface area contributed by atoms with E-state index in [0.717, 1.165) is 17.3 Å². The molecule has 0 aliphatic rings. The molecule has 0 radical (unpaired) electrons. The van der Waals surface area contributed by atoms with E-state index < -0.39 is 0 Å². The Bertz CT molecular complexity index is 554. The van der Waals surface area contributed by atoms with Crippen LogP contribution in [0, 0.1) is 0 Å². The largest absolute Gasteiger partial charge is 0.466 e. The number of carbonyl (C=O) groups is 1. The van der Waals surface area contributed by atoms with Gasteiger partial charge < -0.3 is 10.1 Å². The van der Waals surface area contributed by atoms with E-state index in [-0.39, 0.29) is 12.0 Å². The molecule has 0 bridgehead atoms. The van der Waals surface area contributed by atoms with Crippen LogP contribution >= 0.6 is 34.3 Å². The lowest BCUT2D eigenvalue weighted by atomic mass is 10.2. The molecule has 0 fully saturated rings. The summed E-state index contributed by atoms with van der Waals surface area (Å²) in [6.45, 7) is 3.03.